The number of hydrogen-bond donors (Lipinski definition) is 1. The van der Waals surface area contributed by atoms with Crippen molar-refractivity contribution in [3.63, 3.8) is 0 Å². The van der Waals surface area contributed by atoms with Crippen LogP contribution in [0.2, 0.25) is 5.15 Å². The quantitative estimate of drug-likeness (QED) is 0.921. The summed E-state index contributed by atoms with van der Waals surface area (Å²) in [5.41, 5.74) is 0.341. The van der Waals surface area contributed by atoms with E-state index in [1.54, 1.807) is 0 Å². The van der Waals surface area contributed by atoms with Crippen molar-refractivity contribution in [1.29, 1.82) is 0 Å². The van der Waals surface area contributed by atoms with Gasteiger partial charge < -0.3 is 5.11 Å². The van der Waals surface area contributed by atoms with Crippen LogP contribution in [0.3, 0.4) is 0 Å². The number of nitrogens with zero attached hydrogens (tertiary/aromatic N) is 3. The molecule has 2 rings (SSSR count). The number of thiazole rings is 1. The summed E-state index contributed by atoms with van der Waals surface area (Å²) in [5.74, 6) is 0. The molecule has 2 aromatic heterocycles. The third-order valence-electron chi connectivity index (χ3n) is 1.87. The third kappa shape index (κ3) is 2.43. The average molecular weight is 284 g/mol. The summed E-state index contributed by atoms with van der Waals surface area (Å²) >= 11 is 6.11. The van der Waals surface area contributed by atoms with Crippen molar-refractivity contribution in [3.8, 4) is 5.00 Å². The Morgan fingerprint density at radius 3 is 2.65 bits per heavy atom. The molecule has 1 N–H and O–H groups in total. The molecule has 9 heteroatoms. The van der Waals surface area contributed by atoms with Crippen LogP contribution in [0.25, 0.3) is 5.00 Å². The van der Waals surface area contributed by atoms with Gasteiger partial charge in [0.25, 0.3) is 0 Å². The minimum absolute atomic E-state index is 0.0504. The van der Waals surface area contributed by atoms with Gasteiger partial charge in [0, 0.05) is 11.8 Å². The summed E-state index contributed by atoms with van der Waals surface area (Å²) in [4.78, 5) is 3.26. The van der Waals surface area contributed by atoms with E-state index in [0.29, 0.717) is 16.9 Å². The Balaban J connectivity index is 2.37. The number of halogens is 4. The molecule has 0 amide bonds. The smallest absolute Gasteiger partial charge is 0.392 e. The van der Waals surface area contributed by atoms with Crippen molar-refractivity contribution in [2.24, 2.45) is 0 Å². The average Bonchev–Trinajstić information content (AvgIpc) is 2.82. The largest absolute Gasteiger partial charge is 0.443 e. The number of alkyl halides is 3. The van der Waals surface area contributed by atoms with E-state index >= 15 is 0 Å². The van der Waals surface area contributed by atoms with Gasteiger partial charge in [-0.3, -0.25) is 0 Å². The topological polar surface area (TPSA) is 50.9 Å². The zero-order valence-corrected chi connectivity index (χ0v) is 9.64. The molecule has 0 bridgehead atoms. The molecule has 0 aliphatic rings. The summed E-state index contributed by atoms with van der Waals surface area (Å²) in [7, 11) is 0. The molecule has 17 heavy (non-hydrogen) atoms. The fraction of sp³-hybridized carbons (Fsp3) is 0.250. The van der Waals surface area contributed by atoms with Crippen LogP contribution in [0.4, 0.5) is 13.2 Å². The van der Waals surface area contributed by atoms with Crippen molar-refractivity contribution in [2.75, 3.05) is 0 Å². The Hall–Kier alpha value is -1.12. The molecular weight excluding hydrogens is 279 g/mol. The Morgan fingerprint density at radius 2 is 2.18 bits per heavy atom. The molecule has 0 aliphatic carbocycles. The predicted molar refractivity (Wildman–Crippen MR) is 55.2 cm³/mol. The number of aromatic nitrogens is 3. The van der Waals surface area contributed by atoms with Gasteiger partial charge in [0.05, 0.1) is 12.8 Å². The van der Waals surface area contributed by atoms with Gasteiger partial charge in [0.2, 0.25) is 0 Å². The van der Waals surface area contributed by atoms with Gasteiger partial charge in [0.15, 0.2) is 10.2 Å². The summed E-state index contributed by atoms with van der Waals surface area (Å²) in [6.07, 6.45) is -2.06. The van der Waals surface area contributed by atoms with Gasteiger partial charge in [-0.15, -0.1) is 0 Å². The molecule has 0 atom stereocenters. The summed E-state index contributed by atoms with van der Waals surface area (Å²) in [6, 6.07) is 0. The highest BCUT2D eigenvalue weighted by Gasteiger charge is 2.34. The molecule has 2 aromatic rings. The second-order valence-electron chi connectivity index (χ2n) is 3.05. The summed E-state index contributed by atoms with van der Waals surface area (Å²) < 4.78 is 38.1. The van der Waals surface area contributed by atoms with Crippen LogP contribution in [0.15, 0.2) is 12.4 Å². The first-order valence-electron chi connectivity index (χ1n) is 4.30. The summed E-state index contributed by atoms with van der Waals surface area (Å²) in [6.45, 7) is -0.330. The van der Waals surface area contributed by atoms with E-state index < -0.39 is 11.2 Å². The first-order chi connectivity index (χ1) is 7.91. The fourth-order valence-corrected chi connectivity index (χ4v) is 2.01. The fourth-order valence-electron chi connectivity index (χ4n) is 1.11. The predicted octanol–water partition coefficient (Wildman–Crippen LogP) is 2.49. The van der Waals surface area contributed by atoms with Crippen LogP contribution in [-0.2, 0) is 12.8 Å². The Kier molecular flexibility index (Phi) is 3.11. The highest BCUT2D eigenvalue weighted by Crippen LogP contribution is 2.33. The van der Waals surface area contributed by atoms with Crippen molar-refractivity contribution in [1.82, 2.24) is 14.8 Å². The number of rotatable bonds is 2. The Morgan fingerprint density at radius 1 is 1.47 bits per heavy atom. The van der Waals surface area contributed by atoms with Gasteiger partial charge in [-0.05, 0) is 0 Å². The van der Waals surface area contributed by atoms with Crippen LogP contribution in [-0.4, -0.2) is 19.9 Å². The maximum Gasteiger partial charge on any atom is 0.443 e. The van der Waals surface area contributed by atoms with Crippen molar-refractivity contribution < 1.29 is 18.3 Å². The molecular formula is C8H5ClF3N3OS. The molecule has 0 saturated heterocycles. The monoisotopic (exact) mass is 283 g/mol. The second-order valence-corrected chi connectivity index (χ2v) is 4.42. The normalized spacial score (nSPS) is 12.1. The molecule has 0 fully saturated rings. The van der Waals surface area contributed by atoms with Crippen LogP contribution >= 0.6 is 22.9 Å². The standard InChI is InChI=1S/C8H5ClF3N3OS/c9-6-4(3-16)2-15(14-6)5-1-13-7(17-5)8(10,11)12/h1-2,16H,3H2. The summed E-state index contributed by atoms with van der Waals surface area (Å²) in [5, 5.41) is 11.9. The zero-order valence-electron chi connectivity index (χ0n) is 8.07. The lowest BCUT2D eigenvalue weighted by atomic mass is 10.4. The van der Waals surface area contributed by atoms with E-state index in [0.717, 1.165) is 10.9 Å². The molecule has 0 unspecified atom stereocenters. The lowest BCUT2D eigenvalue weighted by Crippen LogP contribution is -2.02. The first-order valence-corrected chi connectivity index (χ1v) is 5.49. The molecule has 0 saturated carbocycles. The van der Waals surface area contributed by atoms with Gasteiger partial charge in [-0.25, -0.2) is 9.67 Å². The van der Waals surface area contributed by atoms with E-state index in [-0.39, 0.29) is 16.8 Å². The number of hydrogen-bond acceptors (Lipinski definition) is 4. The highest BCUT2D eigenvalue weighted by molar-refractivity contribution is 7.14. The molecule has 0 spiro atoms. The Labute approximate surface area is 102 Å². The molecule has 2 heterocycles. The number of aliphatic hydroxyl groups excluding tert-OH is 1. The lowest BCUT2D eigenvalue weighted by Gasteiger charge is -1.98. The first kappa shape index (κ1) is 12.3. The number of aliphatic hydroxyl groups is 1. The van der Waals surface area contributed by atoms with E-state index in [9.17, 15) is 13.2 Å². The third-order valence-corrected chi connectivity index (χ3v) is 3.22. The van der Waals surface area contributed by atoms with Gasteiger partial charge in [0.1, 0.15) is 5.00 Å². The zero-order chi connectivity index (χ0) is 12.6. The van der Waals surface area contributed by atoms with Crippen molar-refractivity contribution >= 4 is 22.9 Å². The maximum atomic E-state index is 12.3. The van der Waals surface area contributed by atoms with Crippen LogP contribution < -0.4 is 0 Å². The van der Waals surface area contributed by atoms with Crippen LogP contribution in [0, 0.1) is 0 Å². The maximum absolute atomic E-state index is 12.3. The minimum atomic E-state index is -4.47. The van der Waals surface area contributed by atoms with E-state index in [4.69, 9.17) is 16.7 Å². The van der Waals surface area contributed by atoms with E-state index in [1.165, 1.54) is 6.20 Å². The van der Waals surface area contributed by atoms with Gasteiger partial charge >= 0.3 is 6.18 Å². The minimum Gasteiger partial charge on any atom is -0.392 e. The molecule has 0 aromatic carbocycles. The van der Waals surface area contributed by atoms with Crippen LogP contribution in [0.5, 0.6) is 0 Å². The van der Waals surface area contributed by atoms with Gasteiger partial charge in [-0.2, -0.15) is 18.3 Å². The molecule has 0 radical (unpaired) electrons. The second kappa shape index (κ2) is 4.28. The van der Waals surface area contributed by atoms with Crippen LogP contribution in [0.1, 0.15) is 10.6 Å². The van der Waals surface area contributed by atoms with Gasteiger partial charge in [-0.1, -0.05) is 22.9 Å². The Bertz CT molecular complexity index is 536. The molecule has 0 aliphatic heterocycles. The van der Waals surface area contributed by atoms with Crippen molar-refractivity contribution in [2.45, 2.75) is 12.8 Å². The SMILES string of the molecule is OCc1cn(-c2cnc(C(F)(F)F)s2)nc1Cl. The lowest BCUT2D eigenvalue weighted by molar-refractivity contribution is -0.137. The van der Waals surface area contributed by atoms with E-state index in [1.807, 2.05) is 0 Å². The molecule has 4 nitrogen and oxygen atoms in total. The van der Waals surface area contributed by atoms with Crippen molar-refractivity contribution in [3.05, 3.63) is 28.1 Å². The van der Waals surface area contributed by atoms with E-state index in [2.05, 4.69) is 10.1 Å². The molecule has 92 valence electrons. The highest BCUT2D eigenvalue weighted by atomic mass is 35.5.